The number of hydrazone groups is 1. The van der Waals surface area contributed by atoms with Crippen LogP contribution >= 0.6 is 11.6 Å². The van der Waals surface area contributed by atoms with Gasteiger partial charge in [-0.3, -0.25) is 4.79 Å². The fraction of sp³-hybridized carbons (Fsp3) is 0.471. The van der Waals surface area contributed by atoms with Crippen LogP contribution in [-0.4, -0.2) is 24.7 Å². The van der Waals surface area contributed by atoms with E-state index in [0.717, 1.165) is 17.7 Å². The molecular weight excluding hydrogens is 312 g/mol. The minimum absolute atomic E-state index is 0.0800. The number of nitrogens with zero attached hydrogens (tertiary/aromatic N) is 3. The molecule has 0 spiro atoms. The summed E-state index contributed by atoms with van der Waals surface area (Å²) in [5, 5.41) is 12.9. The molecule has 1 unspecified atom stereocenters. The van der Waals surface area contributed by atoms with Crippen molar-refractivity contribution >= 4 is 29.4 Å². The summed E-state index contributed by atoms with van der Waals surface area (Å²) in [6.07, 6.45) is 2.35. The molecule has 1 aromatic carbocycles. The smallest absolute Gasteiger partial charge is 0.254 e. The third-order valence-electron chi connectivity index (χ3n) is 4.38. The van der Waals surface area contributed by atoms with Crippen LogP contribution < -0.4 is 10.3 Å². The first-order valence-electron chi connectivity index (χ1n) is 7.52. The summed E-state index contributed by atoms with van der Waals surface area (Å²) in [6.45, 7) is 6.65. The maximum Gasteiger partial charge on any atom is 0.254 e. The molecule has 23 heavy (non-hydrogen) atoms. The van der Waals surface area contributed by atoms with Gasteiger partial charge in [-0.1, -0.05) is 18.5 Å². The zero-order chi connectivity index (χ0) is 17.2. The van der Waals surface area contributed by atoms with Gasteiger partial charge in [0.1, 0.15) is 6.42 Å². The molecule has 1 aliphatic rings. The van der Waals surface area contributed by atoms with Gasteiger partial charge >= 0.3 is 0 Å². The standard InChI is InChI=1S/C17H21ClN4O/c1-11-9-17(2,3)22(4)15-8-14(18)12(7-13(11)15)10-20-21-16(23)5-6-19/h7-8,10-11H,5,9H2,1-4H3,(H,21,23)/b20-10-. The van der Waals surface area contributed by atoms with Crippen molar-refractivity contribution in [3.05, 3.63) is 28.3 Å². The molecule has 0 aliphatic carbocycles. The lowest BCUT2D eigenvalue weighted by Crippen LogP contribution is -2.45. The second kappa shape index (κ2) is 6.59. The molecule has 0 fully saturated rings. The molecular formula is C17H21ClN4O. The largest absolute Gasteiger partial charge is 0.369 e. The van der Waals surface area contributed by atoms with Gasteiger partial charge in [0.25, 0.3) is 5.91 Å². The zero-order valence-electron chi connectivity index (χ0n) is 13.9. The Morgan fingerprint density at radius 2 is 2.30 bits per heavy atom. The van der Waals surface area contributed by atoms with Crippen molar-refractivity contribution in [2.45, 2.75) is 45.1 Å². The Labute approximate surface area is 141 Å². The van der Waals surface area contributed by atoms with Crippen LogP contribution in [0.25, 0.3) is 0 Å². The lowest BCUT2D eigenvalue weighted by atomic mass is 9.80. The van der Waals surface area contributed by atoms with Crippen LogP contribution in [0.15, 0.2) is 17.2 Å². The molecule has 0 saturated carbocycles. The molecule has 0 saturated heterocycles. The van der Waals surface area contributed by atoms with E-state index in [1.165, 1.54) is 11.8 Å². The number of hydrogen-bond donors (Lipinski definition) is 1. The van der Waals surface area contributed by atoms with E-state index in [9.17, 15) is 4.79 Å². The van der Waals surface area contributed by atoms with Gasteiger partial charge in [0.2, 0.25) is 0 Å². The number of fused-ring (bicyclic) bond motifs is 1. The van der Waals surface area contributed by atoms with E-state index in [1.807, 2.05) is 12.1 Å². The highest BCUT2D eigenvalue weighted by molar-refractivity contribution is 6.33. The van der Waals surface area contributed by atoms with E-state index in [0.29, 0.717) is 10.9 Å². The quantitative estimate of drug-likeness (QED) is 0.681. The molecule has 1 atom stereocenters. The summed E-state index contributed by atoms with van der Waals surface area (Å²) in [6, 6.07) is 5.74. The van der Waals surface area contributed by atoms with Gasteiger partial charge in [-0.15, -0.1) is 0 Å². The minimum Gasteiger partial charge on any atom is -0.369 e. The van der Waals surface area contributed by atoms with E-state index in [2.05, 4.69) is 43.2 Å². The summed E-state index contributed by atoms with van der Waals surface area (Å²) in [4.78, 5) is 13.5. The second-order valence-electron chi connectivity index (χ2n) is 6.54. The molecule has 1 aliphatic heterocycles. The molecule has 0 radical (unpaired) electrons. The Morgan fingerprint density at radius 1 is 1.61 bits per heavy atom. The van der Waals surface area contributed by atoms with Crippen LogP contribution in [-0.2, 0) is 4.79 Å². The van der Waals surface area contributed by atoms with Crippen LogP contribution in [0.1, 0.15) is 50.7 Å². The van der Waals surface area contributed by atoms with Crippen molar-refractivity contribution in [2.75, 3.05) is 11.9 Å². The van der Waals surface area contributed by atoms with Gasteiger partial charge in [-0.05, 0) is 43.9 Å². The van der Waals surface area contributed by atoms with Crippen LogP contribution in [0.3, 0.4) is 0 Å². The summed E-state index contributed by atoms with van der Waals surface area (Å²) >= 11 is 6.36. The van der Waals surface area contributed by atoms with E-state index in [4.69, 9.17) is 16.9 Å². The fourth-order valence-corrected chi connectivity index (χ4v) is 3.20. The Bertz CT molecular complexity index is 691. The fourth-order valence-electron chi connectivity index (χ4n) is 2.99. The number of amides is 1. The lowest BCUT2D eigenvalue weighted by Gasteiger charge is -2.45. The number of nitrogens with one attached hydrogen (secondary N) is 1. The lowest BCUT2D eigenvalue weighted by molar-refractivity contribution is -0.120. The van der Waals surface area contributed by atoms with Crippen LogP contribution in [0.4, 0.5) is 5.69 Å². The summed E-state index contributed by atoms with van der Waals surface area (Å²) in [5.41, 5.74) is 5.50. The van der Waals surface area contributed by atoms with E-state index in [-0.39, 0.29) is 12.0 Å². The highest BCUT2D eigenvalue weighted by atomic mass is 35.5. The number of halogens is 1. The van der Waals surface area contributed by atoms with E-state index in [1.54, 1.807) is 6.07 Å². The summed E-state index contributed by atoms with van der Waals surface area (Å²) < 4.78 is 0. The molecule has 1 heterocycles. The van der Waals surface area contributed by atoms with Crippen LogP contribution in [0, 0.1) is 11.3 Å². The monoisotopic (exact) mass is 332 g/mol. The average molecular weight is 333 g/mol. The van der Waals surface area contributed by atoms with E-state index < -0.39 is 5.91 Å². The van der Waals surface area contributed by atoms with Gasteiger partial charge in [-0.25, -0.2) is 5.43 Å². The van der Waals surface area contributed by atoms with Gasteiger partial charge in [0.05, 0.1) is 17.3 Å². The first kappa shape index (κ1) is 17.3. The highest BCUT2D eigenvalue weighted by Crippen LogP contribution is 2.43. The molecule has 1 aromatic rings. The average Bonchev–Trinajstić information content (AvgIpc) is 2.46. The number of anilines is 1. The Balaban J connectivity index is 2.29. The van der Waals surface area contributed by atoms with Gasteiger partial charge in [0.15, 0.2) is 0 Å². The maximum atomic E-state index is 11.2. The van der Waals surface area contributed by atoms with Crippen molar-refractivity contribution in [3.63, 3.8) is 0 Å². The number of nitriles is 1. The van der Waals surface area contributed by atoms with Crippen molar-refractivity contribution in [1.82, 2.24) is 5.43 Å². The Kier molecular flexibility index (Phi) is 4.96. The zero-order valence-corrected chi connectivity index (χ0v) is 14.6. The molecule has 122 valence electrons. The van der Waals surface area contributed by atoms with Gasteiger partial charge < -0.3 is 4.90 Å². The molecule has 0 bridgehead atoms. The first-order chi connectivity index (χ1) is 10.8. The second-order valence-corrected chi connectivity index (χ2v) is 6.94. The summed E-state index contributed by atoms with van der Waals surface area (Å²) in [5.74, 6) is -0.0264. The van der Waals surface area contributed by atoms with Crippen LogP contribution in [0.2, 0.25) is 5.02 Å². The maximum absolute atomic E-state index is 11.2. The number of rotatable bonds is 3. The molecule has 6 heteroatoms. The Hall–Kier alpha value is -2.06. The first-order valence-corrected chi connectivity index (χ1v) is 7.90. The molecule has 1 N–H and O–H groups in total. The minimum atomic E-state index is -0.437. The van der Waals surface area contributed by atoms with Crippen molar-refractivity contribution < 1.29 is 4.79 Å². The molecule has 1 amide bonds. The van der Waals surface area contributed by atoms with Crippen molar-refractivity contribution in [1.29, 1.82) is 5.26 Å². The number of benzene rings is 1. The molecule has 5 nitrogen and oxygen atoms in total. The van der Waals surface area contributed by atoms with Crippen LogP contribution in [0.5, 0.6) is 0 Å². The predicted octanol–water partition coefficient (Wildman–Crippen LogP) is 3.43. The third-order valence-corrected chi connectivity index (χ3v) is 4.71. The normalized spacial score (nSPS) is 19.3. The number of carbonyl (C=O) groups is 1. The summed E-state index contributed by atoms with van der Waals surface area (Å²) in [7, 11) is 2.08. The topological polar surface area (TPSA) is 68.5 Å². The Morgan fingerprint density at radius 3 is 2.96 bits per heavy atom. The highest BCUT2D eigenvalue weighted by Gasteiger charge is 2.34. The molecule has 2 rings (SSSR count). The SMILES string of the molecule is CC1CC(C)(C)N(C)c2cc(Cl)c(/C=N\NC(=O)CC#N)cc21. The predicted molar refractivity (Wildman–Crippen MR) is 92.9 cm³/mol. The van der Waals surface area contributed by atoms with Gasteiger partial charge in [0, 0.05) is 23.8 Å². The molecule has 0 aromatic heterocycles. The number of carbonyl (C=O) groups excluding carboxylic acids is 1. The van der Waals surface area contributed by atoms with Crippen molar-refractivity contribution in [3.8, 4) is 6.07 Å². The van der Waals surface area contributed by atoms with E-state index >= 15 is 0 Å². The van der Waals surface area contributed by atoms with Crippen molar-refractivity contribution in [2.24, 2.45) is 5.10 Å². The third kappa shape index (κ3) is 3.65. The number of hydrogen-bond acceptors (Lipinski definition) is 4. The van der Waals surface area contributed by atoms with Gasteiger partial charge in [-0.2, -0.15) is 10.4 Å².